The van der Waals surface area contributed by atoms with E-state index in [0.29, 0.717) is 11.3 Å². The number of nitrogens with zero attached hydrogens (tertiary/aromatic N) is 1. The molecule has 112 valence electrons. The van der Waals surface area contributed by atoms with Crippen LogP contribution in [-0.2, 0) is 4.79 Å². The van der Waals surface area contributed by atoms with Crippen LogP contribution < -0.4 is 10.1 Å². The average molecular weight is 300 g/mol. The largest absolute Gasteiger partial charge is 0.497 e. The summed E-state index contributed by atoms with van der Waals surface area (Å²) in [7, 11) is 1.48. The zero-order chi connectivity index (χ0) is 16.1. The molecule has 2 aromatic carbocycles. The molecule has 0 aromatic heterocycles. The Morgan fingerprint density at radius 3 is 2.82 bits per heavy atom. The van der Waals surface area contributed by atoms with Gasteiger partial charge in [-0.2, -0.15) is 5.26 Å². The fourth-order valence-corrected chi connectivity index (χ4v) is 1.86. The Morgan fingerprint density at radius 1 is 1.36 bits per heavy atom. The number of anilines is 1. The van der Waals surface area contributed by atoms with Crippen LogP contribution in [0.4, 0.5) is 10.1 Å². The van der Waals surface area contributed by atoms with Crippen molar-refractivity contribution in [1.82, 2.24) is 0 Å². The molecule has 1 amide bonds. The summed E-state index contributed by atoms with van der Waals surface area (Å²) < 4.78 is 18.2. The Hall–Kier alpha value is -2.91. The van der Waals surface area contributed by atoms with Gasteiger partial charge in [-0.05, 0) is 35.9 Å². The topological polar surface area (TPSA) is 82.3 Å². The van der Waals surface area contributed by atoms with Gasteiger partial charge < -0.3 is 15.2 Å². The Labute approximate surface area is 126 Å². The van der Waals surface area contributed by atoms with Crippen molar-refractivity contribution in [2.45, 2.75) is 6.10 Å². The van der Waals surface area contributed by atoms with Gasteiger partial charge in [0.15, 0.2) is 6.10 Å². The van der Waals surface area contributed by atoms with E-state index in [-0.39, 0.29) is 11.3 Å². The lowest BCUT2D eigenvalue weighted by atomic mass is 10.1. The van der Waals surface area contributed by atoms with Gasteiger partial charge in [0.2, 0.25) is 0 Å². The molecule has 0 saturated carbocycles. The van der Waals surface area contributed by atoms with E-state index in [0.717, 1.165) is 6.07 Å². The molecule has 22 heavy (non-hydrogen) atoms. The van der Waals surface area contributed by atoms with Crippen molar-refractivity contribution < 1.29 is 19.0 Å². The van der Waals surface area contributed by atoms with E-state index in [1.165, 1.54) is 25.3 Å². The van der Waals surface area contributed by atoms with Crippen molar-refractivity contribution in [2.75, 3.05) is 12.4 Å². The third-order valence-electron chi connectivity index (χ3n) is 3.01. The number of hydrogen-bond acceptors (Lipinski definition) is 4. The van der Waals surface area contributed by atoms with Gasteiger partial charge in [0.1, 0.15) is 17.6 Å². The van der Waals surface area contributed by atoms with Gasteiger partial charge in [-0.1, -0.05) is 12.1 Å². The summed E-state index contributed by atoms with van der Waals surface area (Å²) >= 11 is 0. The summed E-state index contributed by atoms with van der Waals surface area (Å²) in [6.45, 7) is 0. The van der Waals surface area contributed by atoms with E-state index in [1.807, 2.05) is 0 Å². The van der Waals surface area contributed by atoms with Gasteiger partial charge in [0.05, 0.1) is 12.7 Å². The van der Waals surface area contributed by atoms with E-state index in [1.54, 1.807) is 24.3 Å². The van der Waals surface area contributed by atoms with Crippen LogP contribution in [-0.4, -0.2) is 18.1 Å². The van der Waals surface area contributed by atoms with Crippen molar-refractivity contribution in [3.8, 4) is 11.8 Å². The highest BCUT2D eigenvalue weighted by molar-refractivity contribution is 5.94. The maximum atomic E-state index is 13.2. The molecular formula is C16H13FN2O3. The molecule has 1 atom stereocenters. The van der Waals surface area contributed by atoms with E-state index >= 15 is 0 Å². The number of benzene rings is 2. The number of ether oxygens (including phenoxy) is 1. The first-order valence-corrected chi connectivity index (χ1v) is 6.37. The van der Waals surface area contributed by atoms with Crippen LogP contribution >= 0.6 is 0 Å². The molecule has 0 bridgehead atoms. The molecule has 2 aromatic rings. The zero-order valence-corrected chi connectivity index (χ0v) is 11.7. The number of aliphatic hydroxyl groups excluding tert-OH is 1. The van der Waals surface area contributed by atoms with Gasteiger partial charge in [-0.25, -0.2) is 4.39 Å². The number of nitriles is 1. The predicted molar refractivity (Wildman–Crippen MR) is 77.7 cm³/mol. The van der Waals surface area contributed by atoms with Crippen molar-refractivity contribution in [3.05, 3.63) is 59.4 Å². The molecule has 5 nitrogen and oxygen atoms in total. The first kappa shape index (κ1) is 15.5. The highest BCUT2D eigenvalue weighted by Crippen LogP contribution is 2.21. The zero-order valence-electron chi connectivity index (χ0n) is 11.7. The SMILES string of the molecule is COc1cccc(C(O)C(=O)Nc2ccc(F)c(C#N)c2)c1. The molecule has 0 radical (unpaired) electrons. The van der Waals surface area contributed by atoms with Gasteiger partial charge >= 0.3 is 0 Å². The number of aliphatic hydroxyl groups is 1. The summed E-state index contributed by atoms with van der Waals surface area (Å²) in [6.07, 6.45) is -1.41. The van der Waals surface area contributed by atoms with Crippen LogP contribution in [0.25, 0.3) is 0 Å². The normalized spacial score (nSPS) is 11.4. The number of methoxy groups -OCH3 is 1. The standard InChI is InChI=1S/C16H13FN2O3/c1-22-13-4-2-3-10(8-13)15(20)16(21)19-12-5-6-14(17)11(7-12)9-18/h2-8,15,20H,1H3,(H,19,21). The summed E-state index contributed by atoms with van der Waals surface area (Å²) in [5.41, 5.74) is 0.401. The van der Waals surface area contributed by atoms with Crippen LogP contribution in [0.1, 0.15) is 17.2 Å². The fraction of sp³-hybridized carbons (Fsp3) is 0.125. The molecule has 0 aliphatic heterocycles. The van der Waals surface area contributed by atoms with Crippen LogP contribution in [0.15, 0.2) is 42.5 Å². The molecule has 0 spiro atoms. The molecule has 0 aliphatic rings. The fourth-order valence-electron chi connectivity index (χ4n) is 1.86. The number of carbonyl (C=O) groups excluding carboxylic acids is 1. The quantitative estimate of drug-likeness (QED) is 0.908. The van der Waals surface area contributed by atoms with Crippen molar-refractivity contribution in [3.63, 3.8) is 0 Å². The highest BCUT2D eigenvalue weighted by atomic mass is 19.1. The maximum absolute atomic E-state index is 13.2. The number of rotatable bonds is 4. The van der Waals surface area contributed by atoms with Crippen molar-refractivity contribution in [2.24, 2.45) is 0 Å². The maximum Gasteiger partial charge on any atom is 0.257 e. The van der Waals surface area contributed by atoms with Crippen molar-refractivity contribution in [1.29, 1.82) is 5.26 Å². The van der Waals surface area contributed by atoms with Crippen LogP contribution in [0, 0.1) is 17.1 Å². The van der Waals surface area contributed by atoms with E-state index in [2.05, 4.69) is 5.32 Å². The Morgan fingerprint density at radius 2 is 2.14 bits per heavy atom. The average Bonchev–Trinajstić information content (AvgIpc) is 2.55. The monoisotopic (exact) mass is 300 g/mol. The Balaban J connectivity index is 2.16. The smallest absolute Gasteiger partial charge is 0.257 e. The third kappa shape index (κ3) is 3.40. The number of nitrogens with one attached hydrogen (secondary N) is 1. The lowest BCUT2D eigenvalue weighted by Gasteiger charge is -2.13. The molecule has 0 fully saturated rings. The van der Waals surface area contributed by atoms with E-state index in [4.69, 9.17) is 10.00 Å². The highest BCUT2D eigenvalue weighted by Gasteiger charge is 2.18. The molecule has 0 heterocycles. The third-order valence-corrected chi connectivity index (χ3v) is 3.01. The minimum absolute atomic E-state index is 0.186. The minimum atomic E-state index is -1.41. The number of halogens is 1. The second-order valence-corrected chi connectivity index (χ2v) is 4.47. The molecule has 6 heteroatoms. The molecule has 2 rings (SSSR count). The molecule has 1 unspecified atom stereocenters. The van der Waals surface area contributed by atoms with Gasteiger partial charge in [0, 0.05) is 5.69 Å². The second-order valence-electron chi connectivity index (χ2n) is 4.47. The van der Waals surface area contributed by atoms with Gasteiger partial charge in [0.25, 0.3) is 5.91 Å². The van der Waals surface area contributed by atoms with Crippen molar-refractivity contribution >= 4 is 11.6 Å². The second kappa shape index (κ2) is 6.70. The molecule has 0 saturated heterocycles. The summed E-state index contributed by atoms with van der Waals surface area (Å²) in [6, 6.07) is 11.7. The number of carbonyl (C=O) groups is 1. The summed E-state index contributed by atoms with van der Waals surface area (Å²) in [5.74, 6) is -0.851. The lowest BCUT2D eigenvalue weighted by molar-refractivity contribution is -0.124. The van der Waals surface area contributed by atoms with Gasteiger partial charge in [-0.3, -0.25) is 4.79 Å². The van der Waals surface area contributed by atoms with Crippen LogP contribution in [0.5, 0.6) is 5.75 Å². The van der Waals surface area contributed by atoms with Crippen LogP contribution in [0.3, 0.4) is 0 Å². The number of amides is 1. The van der Waals surface area contributed by atoms with E-state index in [9.17, 15) is 14.3 Å². The lowest BCUT2D eigenvalue weighted by Crippen LogP contribution is -2.20. The Bertz CT molecular complexity index is 740. The predicted octanol–water partition coefficient (Wildman–Crippen LogP) is 2.38. The molecule has 2 N–H and O–H groups in total. The Kier molecular flexibility index (Phi) is 4.71. The number of hydrogen-bond donors (Lipinski definition) is 2. The van der Waals surface area contributed by atoms with Gasteiger partial charge in [-0.15, -0.1) is 0 Å². The molecule has 0 aliphatic carbocycles. The van der Waals surface area contributed by atoms with E-state index < -0.39 is 17.8 Å². The minimum Gasteiger partial charge on any atom is -0.497 e. The van der Waals surface area contributed by atoms with Crippen LogP contribution in [0.2, 0.25) is 0 Å². The summed E-state index contributed by atoms with van der Waals surface area (Å²) in [5, 5.41) is 21.2. The summed E-state index contributed by atoms with van der Waals surface area (Å²) in [4.78, 5) is 12.0. The first-order chi connectivity index (χ1) is 10.5. The molecular weight excluding hydrogens is 287 g/mol. The first-order valence-electron chi connectivity index (χ1n) is 6.37.